The molecule has 70 valence electrons. The Balaban J connectivity index is 2.69. The highest BCUT2D eigenvalue weighted by Crippen LogP contribution is 2.12. The van der Waals surface area contributed by atoms with Crippen LogP contribution >= 0.6 is 23.4 Å². The zero-order valence-electron chi connectivity index (χ0n) is 6.85. The number of nitrogens with zero attached hydrogens (tertiary/aromatic N) is 2. The molecule has 1 rings (SSSR count). The fourth-order valence-corrected chi connectivity index (χ4v) is 1.66. The zero-order chi connectivity index (χ0) is 9.52. The van der Waals surface area contributed by atoms with Crippen LogP contribution in [0.15, 0.2) is 29.7 Å². The number of alkyl halides is 1. The Morgan fingerprint density at radius 2 is 2.23 bits per heavy atom. The molecular weight excluding hydrogens is 208 g/mol. The lowest BCUT2D eigenvalue weighted by Gasteiger charge is -2.01. The molecule has 0 bridgehead atoms. The van der Waals surface area contributed by atoms with Gasteiger partial charge in [-0.15, -0.1) is 23.4 Å². The normalized spacial score (nSPS) is 11.6. The summed E-state index contributed by atoms with van der Waals surface area (Å²) in [4.78, 5) is 3.87. The molecule has 1 aromatic heterocycles. The van der Waals surface area contributed by atoms with Gasteiger partial charge in [-0.3, -0.25) is 4.98 Å². The molecule has 0 aliphatic heterocycles. The van der Waals surface area contributed by atoms with Gasteiger partial charge in [0.2, 0.25) is 0 Å². The minimum atomic E-state index is 0.536. The second kappa shape index (κ2) is 5.83. The number of hydrogen-bond donors (Lipinski definition) is 1. The predicted octanol–water partition coefficient (Wildman–Crippen LogP) is 2.19. The largest absolute Gasteiger partial charge is 0.410 e. The lowest BCUT2D eigenvalue weighted by atomic mass is 10.3. The maximum absolute atomic E-state index is 8.71. The Morgan fingerprint density at radius 3 is 2.77 bits per heavy atom. The van der Waals surface area contributed by atoms with Crippen molar-refractivity contribution in [3.05, 3.63) is 30.1 Å². The van der Waals surface area contributed by atoms with Gasteiger partial charge in [0.05, 0.1) is 0 Å². The fourth-order valence-electron chi connectivity index (χ4n) is 0.800. The topological polar surface area (TPSA) is 45.5 Å². The van der Waals surface area contributed by atoms with Crippen LogP contribution in [0, 0.1) is 0 Å². The third kappa shape index (κ3) is 3.24. The van der Waals surface area contributed by atoms with Crippen molar-refractivity contribution in [2.24, 2.45) is 5.16 Å². The summed E-state index contributed by atoms with van der Waals surface area (Å²) >= 11 is 6.94. The van der Waals surface area contributed by atoms with Crippen molar-refractivity contribution in [1.29, 1.82) is 0 Å². The molecular formula is C8H9ClN2OS. The minimum Gasteiger partial charge on any atom is -0.410 e. The molecule has 13 heavy (non-hydrogen) atoms. The number of oxime groups is 1. The maximum Gasteiger partial charge on any atom is 0.143 e. The summed E-state index contributed by atoms with van der Waals surface area (Å²) < 4.78 is 0. The molecule has 0 aliphatic carbocycles. The van der Waals surface area contributed by atoms with E-state index in [1.165, 1.54) is 11.8 Å². The van der Waals surface area contributed by atoms with Crippen molar-refractivity contribution in [2.45, 2.75) is 0 Å². The molecule has 5 heteroatoms. The van der Waals surface area contributed by atoms with E-state index in [1.54, 1.807) is 24.5 Å². The molecule has 1 heterocycles. The van der Waals surface area contributed by atoms with E-state index in [2.05, 4.69) is 10.1 Å². The van der Waals surface area contributed by atoms with Crippen LogP contribution in [0.5, 0.6) is 0 Å². The number of pyridine rings is 1. The molecule has 0 aromatic carbocycles. The Kier molecular flexibility index (Phi) is 4.64. The van der Waals surface area contributed by atoms with Crippen LogP contribution in [0.2, 0.25) is 0 Å². The van der Waals surface area contributed by atoms with Crippen molar-refractivity contribution >= 4 is 28.4 Å². The SMILES string of the molecule is ON=C(SCCCl)c1ccncc1. The van der Waals surface area contributed by atoms with Crippen molar-refractivity contribution in [1.82, 2.24) is 4.98 Å². The zero-order valence-corrected chi connectivity index (χ0v) is 8.42. The molecule has 0 fully saturated rings. The Hall–Kier alpha value is -0.740. The third-order valence-electron chi connectivity index (χ3n) is 1.33. The Morgan fingerprint density at radius 1 is 1.54 bits per heavy atom. The van der Waals surface area contributed by atoms with Gasteiger partial charge in [0.15, 0.2) is 0 Å². The summed E-state index contributed by atoms with van der Waals surface area (Å²) in [6.45, 7) is 0. The Labute approximate surface area is 85.8 Å². The van der Waals surface area contributed by atoms with E-state index in [0.29, 0.717) is 10.9 Å². The van der Waals surface area contributed by atoms with Gasteiger partial charge in [-0.2, -0.15) is 0 Å². The van der Waals surface area contributed by atoms with Gasteiger partial charge in [-0.05, 0) is 12.1 Å². The summed E-state index contributed by atoms with van der Waals surface area (Å²) in [6.07, 6.45) is 3.31. The number of hydrogen-bond acceptors (Lipinski definition) is 4. The molecule has 0 aliphatic rings. The maximum atomic E-state index is 8.71. The third-order valence-corrected chi connectivity index (χ3v) is 2.75. The van der Waals surface area contributed by atoms with Crippen molar-refractivity contribution in [3.8, 4) is 0 Å². The average Bonchev–Trinajstić information content (AvgIpc) is 2.21. The van der Waals surface area contributed by atoms with Crippen molar-refractivity contribution in [2.75, 3.05) is 11.6 Å². The lowest BCUT2D eigenvalue weighted by Crippen LogP contribution is -1.97. The molecule has 0 unspecified atom stereocenters. The molecule has 0 radical (unpaired) electrons. The van der Waals surface area contributed by atoms with Crippen molar-refractivity contribution in [3.63, 3.8) is 0 Å². The highest BCUT2D eigenvalue weighted by Gasteiger charge is 2.03. The van der Waals surface area contributed by atoms with Gasteiger partial charge in [0.1, 0.15) is 5.04 Å². The highest BCUT2D eigenvalue weighted by molar-refractivity contribution is 8.14. The van der Waals surface area contributed by atoms with Gasteiger partial charge < -0.3 is 5.21 Å². The van der Waals surface area contributed by atoms with E-state index in [4.69, 9.17) is 16.8 Å². The smallest absolute Gasteiger partial charge is 0.143 e. The van der Waals surface area contributed by atoms with E-state index in [1.807, 2.05) is 0 Å². The van der Waals surface area contributed by atoms with Gasteiger partial charge in [0.25, 0.3) is 0 Å². The van der Waals surface area contributed by atoms with E-state index in [-0.39, 0.29) is 0 Å². The van der Waals surface area contributed by atoms with Gasteiger partial charge in [-0.1, -0.05) is 5.16 Å². The fraction of sp³-hybridized carbons (Fsp3) is 0.250. The Bertz CT molecular complexity index is 279. The molecule has 0 spiro atoms. The summed E-state index contributed by atoms with van der Waals surface area (Å²) in [5, 5.41) is 12.5. The second-order valence-corrected chi connectivity index (χ2v) is 3.64. The predicted molar refractivity (Wildman–Crippen MR) is 55.7 cm³/mol. The second-order valence-electron chi connectivity index (χ2n) is 2.18. The highest BCUT2D eigenvalue weighted by atomic mass is 35.5. The summed E-state index contributed by atoms with van der Waals surface area (Å²) in [6, 6.07) is 3.58. The van der Waals surface area contributed by atoms with E-state index >= 15 is 0 Å². The van der Waals surface area contributed by atoms with Gasteiger partial charge in [0, 0.05) is 29.6 Å². The van der Waals surface area contributed by atoms with Crippen molar-refractivity contribution < 1.29 is 5.21 Å². The van der Waals surface area contributed by atoms with E-state index < -0.39 is 0 Å². The molecule has 3 nitrogen and oxygen atoms in total. The van der Waals surface area contributed by atoms with E-state index in [0.717, 1.165) is 11.3 Å². The van der Waals surface area contributed by atoms with Crippen LogP contribution in [-0.4, -0.2) is 26.9 Å². The van der Waals surface area contributed by atoms with Gasteiger partial charge in [-0.25, -0.2) is 0 Å². The minimum absolute atomic E-state index is 0.536. The monoisotopic (exact) mass is 216 g/mol. The standard InChI is InChI=1S/C8H9ClN2OS/c9-3-6-13-8(11-12)7-1-4-10-5-2-7/h1-2,4-5,12H,3,6H2. The van der Waals surface area contributed by atoms with Crippen LogP contribution in [0.1, 0.15) is 5.56 Å². The summed E-state index contributed by atoms with van der Waals surface area (Å²) in [5.74, 6) is 1.26. The molecule has 0 saturated carbocycles. The number of rotatable bonds is 3. The van der Waals surface area contributed by atoms with Gasteiger partial charge >= 0.3 is 0 Å². The van der Waals surface area contributed by atoms with Crippen LogP contribution in [0.25, 0.3) is 0 Å². The summed E-state index contributed by atoms with van der Waals surface area (Å²) in [5.41, 5.74) is 0.854. The van der Waals surface area contributed by atoms with Crippen LogP contribution in [0.4, 0.5) is 0 Å². The van der Waals surface area contributed by atoms with Crippen LogP contribution in [-0.2, 0) is 0 Å². The first kappa shape index (κ1) is 10.3. The molecule has 0 amide bonds. The van der Waals surface area contributed by atoms with Crippen LogP contribution in [0.3, 0.4) is 0 Å². The summed E-state index contributed by atoms with van der Waals surface area (Å²) in [7, 11) is 0. The number of thioether (sulfide) groups is 1. The number of aromatic nitrogens is 1. The first-order valence-corrected chi connectivity index (χ1v) is 5.21. The van der Waals surface area contributed by atoms with Crippen LogP contribution < -0.4 is 0 Å². The molecule has 0 saturated heterocycles. The lowest BCUT2D eigenvalue weighted by molar-refractivity contribution is 0.321. The molecule has 1 aromatic rings. The first-order valence-electron chi connectivity index (χ1n) is 3.69. The molecule has 0 atom stereocenters. The average molecular weight is 217 g/mol. The first-order chi connectivity index (χ1) is 6.38. The quantitative estimate of drug-likeness (QED) is 0.277. The molecule has 1 N–H and O–H groups in total. The number of halogens is 1. The van der Waals surface area contributed by atoms with E-state index in [9.17, 15) is 0 Å².